The molecule has 0 bridgehead atoms. The molecule has 0 heterocycles. The summed E-state index contributed by atoms with van der Waals surface area (Å²) in [5.41, 5.74) is 0.999. The van der Waals surface area contributed by atoms with Gasteiger partial charge in [0, 0.05) is 22.8 Å². The highest BCUT2D eigenvalue weighted by molar-refractivity contribution is 9.10. The lowest BCUT2D eigenvalue weighted by Gasteiger charge is -2.02. The largest absolute Gasteiger partial charge is 0.466 e. The van der Waals surface area contributed by atoms with Gasteiger partial charge in [0.05, 0.1) is 7.11 Å². The Labute approximate surface area is 97.3 Å². The normalized spacial score (nSPS) is 10.3. The van der Waals surface area contributed by atoms with Crippen molar-refractivity contribution in [3.8, 4) is 0 Å². The maximum Gasteiger partial charge on any atom is 0.330 e. The predicted octanol–water partition coefficient (Wildman–Crippen LogP) is 2.59. The Kier molecular flexibility index (Phi) is 4.90. The summed E-state index contributed by atoms with van der Waals surface area (Å²) in [6.07, 6.45) is 3.11. The van der Waals surface area contributed by atoms with Crippen molar-refractivity contribution in [2.24, 2.45) is 0 Å². The van der Waals surface area contributed by atoms with Crippen LogP contribution in [0.4, 0.5) is 5.69 Å². The number of nitrogens with one attached hydrogen (secondary N) is 1. The molecule has 1 N–H and O–H groups in total. The fraction of sp³-hybridized carbons (Fsp3) is 0.182. The predicted molar refractivity (Wildman–Crippen MR) is 63.8 cm³/mol. The lowest BCUT2D eigenvalue weighted by Crippen LogP contribution is -2.00. The molecule has 0 aliphatic carbocycles. The third-order valence-corrected chi connectivity index (χ3v) is 2.20. The Bertz CT molecular complexity index is 363. The molecule has 0 fully saturated rings. The molecule has 0 radical (unpaired) electrons. The van der Waals surface area contributed by atoms with Crippen molar-refractivity contribution in [1.29, 1.82) is 0 Å². The zero-order valence-electron chi connectivity index (χ0n) is 8.37. The molecule has 0 spiro atoms. The molecular formula is C11H12BrNO2. The van der Waals surface area contributed by atoms with Gasteiger partial charge < -0.3 is 10.1 Å². The summed E-state index contributed by atoms with van der Waals surface area (Å²) >= 11 is 3.37. The molecule has 4 heteroatoms. The van der Waals surface area contributed by atoms with Crippen molar-refractivity contribution in [2.75, 3.05) is 19.0 Å². The second-order valence-electron chi connectivity index (χ2n) is 2.82. The molecule has 0 saturated heterocycles. The zero-order chi connectivity index (χ0) is 11.1. The topological polar surface area (TPSA) is 38.3 Å². The third kappa shape index (κ3) is 4.65. The lowest BCUT2D eigenvalue weighted by atomic mass is 10.3. The summed E-state index contributed by atoms with van der Waals surface area (Å²) in [6, 6.07) is 7.81. The van der Waals surface area contributed by atoms with E-state index in [0.717, 1.165) is 10.2 Å². The van der Waals surface area contributed by atoms with E-state index in [0.29, 0.717) is 6.54 Å². The first-order valence-electron chi connectivity index (χ1n) is 4.46. The lowest BCUT2D eigenvalue weighted by molar-refractivity contribution is -0.134. The maximum atomic E-state index is 10.7. The van der Waals surface area contributed by atoms with Crippen LogP contribution in [0, 0.1) is 0 Å². The van der Waals surface area contributed by atoms with Crippen LogP contribution in [-0.4, -0.2) is 19.6 Å². The average molecular weight is 270 g/mol. The van der Waals surface area contributed by atoms with Gasteiger partial charge in [-0.05, 0) is 18.2 Å². The van der Waals surface area contributed by atoms with E-state index in [1.165, 1.54) is 13.2 Å². The van der Waals surface area contributed by atoms with E-state index in [-0.39, 0.29) is 5.97 Å². The highest BCUT2D eigenvalue weighted by Crippen LogP contribution is 2.15. The van der Waals surface area contributed by atoms with Gasteiger partial charge in [0.2, 0.25) is 0 Å². The SMILES string of the molecule is COC(=O)/C=C/CNc1cccc(Br)c1. The molecule has 1 aromatic carbocycles. The van der Waals surface area contributed by atoms with E-state index >= 15 is 0 Å². The van der Waals surface area contributed by atoms with Crippen molar-refractivity contribution < 1.29 is 9.53 Å². The number of ether oxygens (including phenoxy) is 1. The summed E-state index contributed by atoms with van der Waals surface area (Å²) in [4.78, 5) is 10.7. The Morgan fingerprint density at radius 1 is 1.60 bits per heavy atom. The average Bonchev–Trinajstić information content (AvgIpc) is 2.24. The molecule has 3 nitrogen and oxygen atoms in total. The van der Waals surface area contributed by atoms with Crippen molar-refractivity contribution in [3.63, 3.8) is 0 Å². The second kappa shape index (κ2) is 6.24. The van der Waals surface area contributed by atoms with Crippen LogP contribution < -0.4 is 5.32 Å². The number of rotatable bonds is 4. The molecule has 0 aliphatic heterocycles. The van der Waals surface area contributed by atoms with E-state index in [2.05, 4.69) is 26.0 Å². The van der Waals surface area contributed by atoms with Crippen LogP contribution in [0.15, 0.2) is 40.9 Å². The molecule has 15 heavy (non-hydrogen) atoms. The van der Waals surface area contributed by atoms with E-state index < -0.39 is 0 Å². The van der Waals surface area contributed by atoms with Gasteiger partial charge >= 0.3 is 5.97 Å². The van der Waals surface area contributed by atoms with Crippen LogP contribution in [0.25, 0.3) is 0 Å². The Hall–Kier alpha value is -1.29. The summed E-state index contributed by atoms with van der Waals surface area (Å²) in [5, 5.41) is 3.14. The summed E-state index contributed by atoms with van der Waals surface area (Å²) in [6.45, 7) is 0.589. The van der Waals surface area contributed by atoms with Crippen LogP contribution in [0.3, 0.4) is 0 Å². The highest BCUT2D eigenvalue weighted by Gasteiger charge is 1.92. The Morgan fingerprint density at radius 2 is 2.40 bits per heavy atom. The fourth-order valence-corrected chi connectivity index (χ4v) is 1.40. The van der Waals surface area contributed by atoms with E-state index in [4.69, 9.17) is 0 Å². The number of methoxy groups -OCH3 is 1. The number of carbonyl (C=O) groups is 1. The second-order valence-corrected chi connectivity index (χ2v) is 3.73. The summed E-state index contributed by atoms with van der Waals surface area (Å²) in [5.74, 6) is -0.342. The van der Waals surface area contributed by atoms with Crippen LogP contribution in [0.2, 0.25) is 0 Å². The molecule has 0 aromatic heterocycles. The molecule has 0 unspecified atom stereocenters. The molecular weight excluding hydrogens is 258 g/mol. The summed E-state index contributed by atoms with van der Waals surface area (Å²) in [7, 11) is 1.36. The van der Waals surface area contributed by atoms with Gasteiger partial charge in [0.25, 0.3) is 0 Å². The molecule has 0 aliphatic rings. The zero-order valence-corrected chi connectivity index (χ0v) is 9.95. The van der Waals surface area contributed by atoms with Gasteiger partial charge in [-0.1, -0.05) is 28.1 Å². The number of carbonyl (C=O) groups excluding carboxylic acids is 1. The van der Waals surface area contributed by atoms with Gasteiger partial charge in [0.1, 0.15) is 0 Å². The molecule has 0 amide bonds. The standard InChI is InChI=1S/C11H12BrNO2/c1-15-11(14)6-3-7-13-10-5-2-4-9(12)8-10/h2-6,8,13H,7H2,1H3/b6-3+. The molecule has 0 atom stereocenters. The number of anilines is 1. The van der Waals surface area contributed by atoms with E-state index in [1.807, 2.05) is 24.3 Å². The molecule has 0 saturated carbocycles. The fourth-order valence-electron chi connectivity index (χ4n) is 0.998. The molecule has 1 rings (SSSR count). The quantitative estimate of drug-likeness (QED) is 0.675. The van der Waals surface area contributed by atoms with Crippen molar-refractivity contribution in [1.82, 2.24) is 0 Å². The Morgan fingerprint density at radius 3 is 3.07 bits per heavy atom. The van der Waals surface area contributed by atoms with Crippen molar-refractivity contribution in [3.05, 3.63) is 40.9 Å². The first kappa shape index (κ1) is 11.8. The van der Waals surface area contributed by atoms with E-state index in [9.17, 15) is 4.79 Å². The number of hydrogen-bond donors (Lipinski definition) is 1. The number of benzene rings is 1. The van der Waals surface area contributed by atoms with Crippen LogP contribution >= 0.6 is 15.9 Å². The van der Waals surface area contributed by atoms with Crippen LogP contribution in [-0.2, 0) is 9.53 Å². The smallest absolute Gasteiger partial charge is 0.330 e. The van der Waals surface area contributed by atoms with Crippen LogP contribution in [0.5, 0.6) is 0 Å². The minimum atomic E-state index is -0.342. The van der Waals surface area contributed by atoms with Crippen molar-refractivity contribution >= 4 is 27.6 Å². The summed E-state index contributed by atoms with van der Waals surface area (Å²) < 4.78 is 5.48. The Balaban J connectivity index is 2.38. The minimum Gasteiger partial charge on any atom is -0.466 e. The first-order valence-corrected chi connectivity index (χ1v) is 5.25. The highest BCUT2D eigenvalue weighted by atomic mass is 79.9. The van der Waals surface area contributed by atoms with Gasteiger partial charge in [0.15, 0.2) is 0 Å². The monoisotopic (exact) mass is 269 g/mol. The van der Waals surface area contributed by atoms with Gasteiger partial charge in [-0.15, -0.1) is 0 Å². The number of halogens is 1. The molecule has 1 aromatic rings. The number of esters is 1. The maximum absolute atomic E-state index is 10.7. The minimum absolute atomic E-state index is 0.342. The molecule has 80 valence electrons. The van der Waals surface area contributed by atoms with Gasteiger partial charge in [-0.2, -0.15) is 0 Å². The third-order valence-electron chi connectivity index (χ3n) is 1.70. The van der Waals surface area contributed by atoms with Gasteiger partial charge in [-0.25, -0.2) is 4.79 Å². The number of hydrogen-bond acceptors (Lipinski definition) is 3. The first-order chi connectivity index (χ1) is 7.22. The van der Waals surface area contributed by atoms with Gasteiger partial charge in [-0.3, -0.25) is 0 Å². The van der Waals surface area contributed by atoms with Crippen LogP contribution in [0.1, 0.15) is 0 Å². The van der Waals surface area contributed by atoms with Crippen molar-refractivity contribution in [2.45, 2.75) is 0 Å². The van der Waals surface area contributed by atoms with E-state index in [1.54, 1.807) is 6.08 Å².